The van der Waals surface area contributed by atoms with Crippen molar-refractivity contribution in [3.05, 3.63) is 59.2 Å². The van der Waals surface area contributed by atoms with Crippen LogP contribution in [0.4, 0.5) is 0 Å². The van der Waals surface area contributed by atoms with Crippen molar-refractivity contribution < 1.29 is 4.79 Å². The lowest BCUT2D eigenvalue weighted by molar-refractivity contribution is -0.121. The number of rotatable bonds is 4. The number of fused-ring (bicyclic) bond motifs is 2. The Morgan fingerprint density at radius 3 is 2.33 bits per heavy atom. The SMILES string of the molecule is CC(=O)NC1(CCN2CCc3cc(C#N)ccc3C2)CCCCC1.c1cc2ccc1-2. The van der Waals surface area contributed by atoms with E-state index in [4.69, 9.17) is 5.26 Å². The van der Waals surface area contributed by atoms with E-state index < -0.39 is 0 Å². The quantitative estimate of drug-likeness (QED) is 0.682. The molecular formula is C26H31N3O. The summed E-state index contributed by atoms with van der Waals surface area (Å²) in [5, 5.41) is 12.3. The number of hydrogen-bond donors (Lipinski definition) is 1. The Kier molecular flexibility index (Phi) is 6.20. The van der Waals surface area contributed by atoms with E-state index in [1.807, 2.05) is 12.1 Å². The molecule has 0 atom stereocenters. The highest BCUT2D eigenvalue weighted by molar-refractivity contribution is 5.75. The largest absolute Gasteiger partial charge is 0.351 e. The van der Waals surface area contributed by atoms with Crippen molar-refractivity contribution in [2.75, 3.05) is 13.1 Å². The van der Waals surface area contributed by atoms with Crippen LogP contribution in [0, 0.1) is 11.3 Å². The van der Waals surface area contributed by atoms with Gasteiger partial charge in [-0.15, -0.1) is 0 Å². The molecule has 1 heterocycles. The summed E-state index contributed by atoms with van der Waals surface area (Å²) in [5.41, 5.74) is 6.28. The van der Waals surface area contributed by atoms with Crippen LogP contribution in [0.25, 0.3) is 11.1 Å². The Hall–Kier alpha value is -2.64. The number of benzene rings is 2. The van der Waals surface area contributed by atoms with E-state index in [-0.39, 0.29) is 11.4 Å². The minimum Gasteiger partial charge on any atom is -0.351 e. The number of nitrogens with zero attached hydrogens (tertiary/aromatic N) is 2. The van der Waals surface area contributed by atoms with Gasteiger partial charge in [-0.2, -0.15) is 5.26 Å². The van der Waals surface area contributed by atoms with Crippen LogP contribution >= 0.6 is 0 Å². The Morgan fingerprint density at radius 2 is 1.77 bits per heavy atom. The second-order valence-corrected chi connectivity index (χ2v) is 8.97. The normalized spacial score (nSPS) is 18.3. The first-order valence-electron chi connectivity index (χ1n) is 11.2. The molecule has 4 heteroatoms. The summed E-state index contributed by atoms with van der Waals surface area (Å²) < 4.78 is 0. The second kappa shape index (κ2) is 9.02. The van der Waals surface area contributed by atoms with Gasteiger partial charge in [0.2, 0.25) is 5.91 Å². The van der Waals surface area contributed by atoms with Crippen LogP contribution in [0.1, 0.15) is 62.1 Å². The second-order valence-electron chi connectivity index (χ2n) is 8.97. The first-order chi connectivity index (χ1) is 14.6. The van der Waals surface area contributed by atoms with Crippen molar-refractivity contribution in [2.24, 2.45) is 0 Å². The van der Waals surface area contributed by atoms with Gasteiger partial charge in [-0.25, -0.2) is 0 Å². The average Bonchev–Trinajstić information content (AvgIpc) is 2.75. The van der Waals surface area contributed by atoms with Gasteiger partial charge < -0.3 is 5.32 Å². The summed E-state index contributed by atoms with van der Waals surface area (Å²) in [6, 6.07) is 16.8. The third kappa shape index (κ3) is 4.74. The first-order valence-corrected chi connectivity index (χ1v) is 11.2. The van der Waals surface area contributed by atoms with Gasteiger partial charge in [0.1, 0.15) is 0 Å². The molecule has 1 aliphatic heterocycles. The molecule has 1 aromatic carbocycles. The molecule has 3 aliphatic carbocycles. The van der Waals surface area contributed by atoms with Crippen LogP contribution < -0.4 is 5.32 Å². The lowest BCUT2D eigenvalue weighted by Crippen LogP contribution is -2.51. The van der Waals surface area contributed by atoms with Crippen molar-refractivity contribution in [3.63, 3.8) is 0 Å². The molecule has 4 aliphatic rings. The zero-order valence-electron chi connectivity index (χ0n) is 17.9. The lowest BCUT2D eigenvalue weighted by Gasteiger charge is -2.40. The summed E-state index contributed by atoms with van der Waals surface area (Å²) >= 11 is 0. The van der Waals surface area contributed by atoms with Crippen LogP contribution in [0.3, 0.4) is 0 Å². The van der Waals surface area contributed by atoms with Gasteiger partial charge in [-0.1, -0.05) is 49.6 Å². The van der Waals surface area contributed by atoms with E-state index in [1.165, 1.54) is 41.5 Å². The van der Waals surface area contributed by atoms with E-state index >= 15 is 0 Å². The molecule has 0 spiro atoms. The molecule has 1 fully saturated rings. The van der Waals surface area contributed by atoms with E-state index in [9.17, 15) is 4.79 Å². The van der Waals surface area contributed by atoms with Gasteiger partial charge >= 0.3 is 0 Å². The maximum Gasteiger partial charge on any atom is 0.217 e. The number of amides is 1. The third-order valence-electron chi connectivity index (χ3n) is 6.80. The van der Waals surface area contributed by atoms with Crippen molar-refractivity contribution in [1.29, 1.82) is 5.26 Å². The van der Waals surface area contributed by atoms with Gasteiger partial charge in [0.25, 0.3) is 0 Å². The molecular weight excluding hydrogens is 370 g/mol. The first kappa shape index (κ1) is 20.6. The maximum atomic E-state index is 11.6. The fraction of sp³-hybridized carbons (Fsp3) is 0.462. The van der Waals surface area contributed by atoms with E-state index in [0.717, 1.165) is 50.9 Å². The molecule has 0 saturated heterocycles. The van der Waals surface area contributed by atoms with Crippen molar-refractivity contribution in [1.82, 2.24) is 10.2 Å². The molecule has 5 rings (SSSR count). The monoisotopic (exact) mass is 401 g/mol. The molecule has 4 nitrogen and oxygen atoms in total. The fourth-order valence-electron chi connectivity index (χ4n) is 4.95. The van der Waals surface area contributed by atoms with Gasteiger partial charge in [0.15, 0.2) is 0 Å². The predicted octanol–water partition coefficient (Wildman–Crippen LogP) is 4.81. The number of carbonyl (C=O) groups is 1. The van der Waals surface area contributed by atoms with Crippen LogP contribution in [0.5, 0.6) is 0 Å². The van der Waals surface area contributed by atoms with E-state index in [2.05, 4.69) is 46.6 Å². The number of carbonyl (C=O) groups excluding carboxylic acids is 1. The summed E-state index contributed by atoms with van der Waals surface area (Å²) in [7, 11) is 0. The smallest absolute Gasteiger partial charge is 0.217 e. The molecule has 30 heavy (non-hydrogen) atoms. The minimum atomic E-state index is 0.00895. The van der Waals surface area contributed by atoms with Crippen LogP contribution in [-0.4, -0.2) is 29.4 Å². The summed E-state index contributed by atoms with van der Waals surface area (Å²) in [5.74, 6) is 0.102. The molecule has 1 saturated carbocycles. The average molecular weight is 402 g/mol. The van der Waals surface area contributed by atoms with Crippen LogP contribution in [-0.2, 0) is 17.8 Å². The van der Waals surface area contributed by atoms with Crippen LogP contribution in [0.2, 0.25) is 0 Å². The third-order valence-corrected chi connectivity index (χ3v) is 6.80. The van der Waals surface area contributed by atoms with Gasteiger partial charge in [-0.3, -0.25) is 9.69 Å². The number of hydrogen-bond acceptors (Lipinski definition) is 3. The highest BCUT2D eigenvalue weighted by Gasteiger charge is 2.33. The fourth-order valence-corrected chi connectivity index (χ4v) is 4.95. The summed E-state index contributed by atoms with van der Waals surface area (Å²) in [6.07, 6.45) is 8.01. The zero-order chi connectivity index (χ0) is 21.0. The van der Waals surface area contributed by atoms with E-state index in [0.29, 0.717) is 0 Å². The lowest BCUT2D eigenvalue weighted by atomic mass is 9.79. The van der Waals surface area contributed by atoms with Gasteiger partial charge in [0, 0.05) is 32.1 Å². The maximum absolute atomic E-state index is 11.6. The van der Waals surface area contributed by atoms with Crippen molar-refractivity contribution >= 4 is 5.91 Å². The zero-order valence-corrected chi connectivity index (χ0v) is 17.9. The number of nitriles is 1. The highest BCUT2D eigenvalue weighted by Crippen LogP contribution is 2.32. The highest BCUT2D eigenvalue weighted by atomic mass is 16.1. The molecule has 1 N–H and O–H groups in total. The summed E-state index contributed by atoms with van der Waals surface area (Å²) in [6.45, 7) is 4.66. The molecule has 0 unspecified atom stereocenters. The Balaban J connectivity index is 0.000000305. The Morgan fingerprint density at radius 1 is 1.07 bits per heavy atom. The van der Waals surface area contributed by atoms with Crippen LogP contribution in [0.15, 0.2) is 42.5 Å². The van der Waals surface area contributed by atoms with Crippen molar-refractivity contribution in [2.45, 2.75) is 64.0 Å². The molecule has 0 bridgehead atoms. The molecule has 0 radical (unpaired) electrons. The Labute approximate surface area is 179 Å². The number of nitrogens with one attached hydrogen (secondary N) is 1. The van der Waals surface area contributed by atoms with Gasteiger partial charge in [0.05, 0.1) is 11.6 Å². The van der Waals surface area contributed by atoms with Crippen molar-refractivity contribution in [3.8, 4) is 17.2 Å². The topological polar surface area (TPSA) is 56.1 Å². The minimum absolute atomic E-state index is 0.00895. The van der Waals surface area contributed by atoms with E-state index in [1.54, 1.807) is 6.92 Å². The standard InChI is InChI=1S/C20H27N3O.C6H4/c1-16(24)22-20(8-3-2-4-9-20)10-12-23-11-7-18-13-17(14-21)5-6-19(18)15-23;1-2-6-4-3-5(1)6/h5-6,13H,2-4,7-12,15H2,1H3,(H,22,24);1-4H. The Bertz CT molecular complexity index is 915. The predicted molar refractivity (Wildman–Crippen MR) is 120 cm³/mol. The molecule has 1 amide bonds. The molecule has 1 aromatic rings. The van der Waals surface area contributed by atoms with Gasteiger partial charge in [-0.05, 0) is 60.1 Å². The summed E-state index contributed by atoms with van der Waals surface area (Å²) in [4.78, 5) is 14.1. The molecule has 156 valence electrons. The molecule has 0 aromatic heterocycles.